The van der Waals surface area contributed by atoms with Crippen molar-refractivity contribution in [2.45, 2.75) is 11.5 Å². The summed E-state index contributed by atoms with van der Waals surface area (Å²) < 4.78 is 6.28. The minimum absolute atomic E-state index is 0.632. The Kier molecular flexibility index (Phi) is 2.84. The maximum atomic E-state index is 5.40. The molecule has 0 atom stereocenters. The van der Waals surface area contributed by atoms with Crippen LogP contribution in [0.5, 0.6) is 0 Å². The van der Waals surface area contributed by atoms with Crippen LogP contribution in [0.1, 0.15) is 11.3 Å². The highest BCUT2D eigenvalue weighted by atomic mass is 79.9. The standard InChI is InChI=1S/C11H10BrN3OS/c1-13-10-6-4-17-5-8(6)14-11(15-10)9-7(12)2-3-16-9/h2-3H,4-5H2,1H3,(H,13,14,15). The summed E-state index contributed by atoms with van der Waals surface area (Å²) in [7, 11) is 1.88. The normalized spacial score (nSPS) is 13.8. The molecule has 0 spiro atoms. The Hall–Kier alpha value is -1.01. The Morgan fingerprint density at radius 3 is 3.00 bits per heavy atom. The molecule has 3 rings (SSSR count). The zero-order valence-electron chi connectivity index (χ0n) is 9.16. The highest BCUT2D eigenvalue weighted by molar-refractivity contribution is 9.10. The van der Waals surface area contributed by atoms with Crippen LogP contribution in [0.25, 0.3) is 11.6 Å². The van der Waals surface area contributed by atoms with Gasteiger partial charge in [-0.25, -0.2) is 9.97 Å². The van der Waals surface area contributed by atoms with E-state index < -0.39 is 0 Å². The van der Waals surface area contributed by atoms with E-state index in [1.807, 2.05) is 24.9 Å². The summed E-state index contributed by atoms with van der Waals surface area (Å²) >= 11 is 5.29. The summed E-state index contributed by atoms with van der Waals surface area (Å²) in [6.07, 6.45) is 1.63. The highest BCUT2D eigenvalue weighted by Crippen LogP contribution is 2.35. The molecule has 0 saturated carbocycles. The predicted molar refractivity (Wildman–Crippen MR) is 72.0 cm³/mol. The third-order valence-electron chi connectivity index (χ3n) is 2.64. The first-order valence-corrected chi connectivity index (χ1v) is 7.13. The van der Waals surface area contributed by atoms with Crippen LogP contribution in [0.4, 0.5) is 5.82 Å². The number of aromatic nitrogens is 2. The monoisotopic (exact) mass is 311 g/mol. The van der Waals surface area contributed by atoms with E-state index in [0.29, 0.717) is 11.6 Å². The molecule has 0 radical (unpaired) electrons. The molecular weight excluding hydrogens is 302 g/mol. The summed E-state index contributed by atoms with van der Waals surface area (Å²) in [5.74, 6) is 4.13. The topological polar surface area (TPSA) is 51.0 Å². The van der Waals surface area contributed by atoms with E-state index in [4.69, 9.17) is 4.42 Å². The number of rotatable bonds is 2. The van der Waals surface area contributed by atoms with Gasteiger partial charge < -0.3 is 9.73 Å². The fourth-order valence-corrected chi connectivity index (χ4v) is 3.23. The van der Waals surface area contributed by atoms with Gasteiger partial charge in [0.15, 0.2) is 11.6 Å². The largest absolute Gasteiger partial charge is 0.460 e. The molecule has 17 heavy (non-hydrogen) atoms. The number of nitrogens with one attached hydrogen (secondary N) is 1. The van der Waals surface area contributed by atoms with Crippen LogP contribution in [-0.4, -0.2) is 17.0 Å². The van der Waals surface area contributed by atoms with Crippen molar-refractivity contribution in [1.82, 2.24) is 9.97 Å². The van der Waals surface area contributed by atoms with Crippen molar-refractivity contribution in [3.8, 4) is 11.6 Å². The van der Waals surface area contributed by atoms with E-state index in [1.165, 1.54) is 5.56 Å². The SMILES string of the molecule is CNc1nc(-c2occc2Br)nc2c1CSC2. The molecule has 1 aliphatic heterocycles. The number of furan rings is 1. The third-order valence-corrected chi connectivity index (χ3v) is 4.23. The van der Waals surface area contributed by atoms with Crippen molar-refractivity contribution in [1.29, 1.82) is 0 Å². The molecule has 1 N–H and O–H groups in total. The Balaban J connectivity index is 2.16. The van der Waals surface area contributed by atoms with Crippen molar-refractivity contribution in [3.63, 3.8) is 0 Å². The van der Waals surface area contributed by atoms with Gasteiger partial charge in [0.25, 0.3) is 0 Å². The summed E-state index contributed by atoms with van der Waals surface area (Å²) in [5, 5.41) is 3.13. The van der Waals surface area contributed by atoms with Gasteiger partial charge >= 0.3 is 0 Å². The van der Waals surface area contributed by atoms with Crippen LogP contribution in [0.15, 0.2) is 21.2 Å². The minimum Gasteiger partial charge on any atom is -0.460 e. The average molecular weight is 312 g/mol. The van der Waals surface area contributed by atoms with Gasteiger partial charge in [0.2, 0.25) is 0 Å². The summed E-state index contributed by atoms with van der Waals surface area (Å²) in [4.78, 5) is 9.08. The molecule has 2 aromatic heterocycles. The second-order valence-electron chi connectivity index (χ2n) is 3.66. The van der Waals surface area contributed by atoms with Crippen LogP contribution < -0.4 is 5.32 Å². The van der Waals surface area contributed by atoms with Gasteiger partial charge in [0, 0.05) is 24.1 Å². The number of nitrogens with zero attached hydrogens (tertiary/aromatic N) is 2. The fourth-order valence-electron chi connectivity index (χ4n) is 1.81. The number of fused-ring (bicyclic) bond motifs is 1. The smallest absolute Gasteiger partial charge is 0.199 e. The molecule has 1 aliphatic rings. The molecule has 0 saturated heterocycles. The van der Waals surface area contributed by atoms with Gasteiger partial charge in [0.05, 0.1) is 16.4 Å². The van der Waals surface area contributed by atoms with Crippen molar-refractivity contribution in [2.75, 3.05) is 12.4 Å². The zero-order valence-corrected chi connectivity index (χ0v) is 11.6. The Morgan fingerprint density at radius 1 is 1.41 bits per heavy atom. The number of thioether (sulfide) groups is 1. The first-order chi connectivity index (χ1) is 8.29. The van der Waals surface area contributed by atoms with E-state index in [9.17, 15) is 0 Å². The van der Waals surface area contributed by atoms with Crippen LogP contribution >= 0.6 is 27.7 Å². The molecule has 4 nitrogen and oxygen atoms in total. The minimum atomic E-state index is 0.632. The molecule has 0 aliphatic carbocycles. The maximum Gasteiger partial charge on any atom is 0.199 e. The Morgan fingerprint density at radius 2 is 2.29 bits per heavy atom. The van der Waals surface area contributed by atoms with Gasteiger partial charge in [-0.2, -0.15) is 11.8 Å². The van der Waals surface area contributed by atoms with Gasteiger partial charge in [-0.05, 0) is 22.0 Å². The van der Waals surface area contributed by atoms with E-state index in [-0.39, 0.29) is 0 Å². The zero-order chi connectivity index (χ0) is 11.8. The Labute approximate surface area is 111 Å². The average Bonchev–Trinajstić information content (AvgIpc) is 2.95. The quantitative estimate of drug-likeness (QED) is 0.922. The van der Waals surface area contributed by atoms with Gasteiger partial charge in [-0.3, -0.25) is 0 Å². The van der Waals surface area contributed by atoms with Crippen molar-refractivity contribution < 1.29 is 4.42 Å². The lowest BCUT2D eigenvalue weighted by molar-refractivity contribution is 0.575. The molecule has 3 heterocycles. The van der Waals surface area contributed by atoms with Crippen molar-refractivity contribution in [2.24, 2.45) is 0 Å². The van der Waals surface area contributed by atoms with Crippen LogP contribution in [-0.2, 0) is 11.5 Å². The third kappa shape index (κ3) is 1.85. The van der Waals surface area contributed by atoms with Gasteiger partial charge in [-0.15, -0.1) is 0 Å². The van der Waals surface area contributed by atoms with Gasteiger partial charge in [-0.1, -0.05) is 0 Å². The first-order valence-electron chi connectivity index (χ1n) is 5.18. The molecule has 88 valence electrons. The fraction of sp³-hybridized carbons (Fsp3) is 0.273. The number of halogens is 1. The lowest BCUT2D eigenvalue weighted by Gasteiger charge is -2.07. The number of anilines is 1. The summed E-state index contributed by atoms with van der Waals surface area (Å²) in [5.41, 5.74) is 2.32. The highest BCUT2D eigenvalue weighted by Gasteiger charge is 2.21. The molecule has 0 unspecified atom stereocenters. The van der Waals surface area contributed by atoms with E-state index in [1.54, 1.807) is 6.26 Å². The first kappa shape index (κ1) is 11.1. The molecular formula is C11H10BrN3OS. The van der Waals surface area contributed by atoms with Crippen LogP contribution in [0.2, 0.25) is 0 Å². The molecule has 2 aromatic rings. The number of hydrogen-bond acceptors (Lipinski definition) is 5. The van der Waals surface area contributed by atoms with Crippen LogP contribution in [0, 0.1) is 0 Å². The number of hydrogen-bond donors (Lipinski definition) is 1. The lowest BCUT2D eigenvalue weighted by atomic mass is 10.2. The molecule has 0 aromatic carbocycles. The molecule has 6 heteroatoms. The van der Waals surface area contributed by atoms with Crippen molar-refractivity contribution in [3.05, 3.63) is 28.1 Å². The molecule has 0 bridgehead atoms. The second kappa shape index (κ2) is 4.34. The van der Waals surface area contributed by atoms with E-state index in [2.05, 4.69) is 31.2 Å². The van der Waals surface area contributed by atoms with E-state index in [0.717, 1.165) is 27.5 Å². The van der Waals surface area contributed by atoms with Gasteiger partial charge in [0.1, 0.15) is 5.82 Å². The second-order valence-corrected chi connectivity index (χ2v) is 5.50. The maximum absolute atomic E-state index is 5.40. The summed E-state index contributed by atoms with van der Waals surface area (Å²) in [6, 6.07) is 1.85. The lowest BCUT2D eigenvalue weighted by Crippen LogP contribution is -2.03. The predicted octanol–water partition coefficient (Wildman–Crippen LogP) is 3.29. The van der Waals surface area contributed by atoms with Crippen molar-refractivity contribution >= 4 is 33.5 Å². The molecule has 0 fully saturated rings. The van der Waals surface area contributed by atoms with Crippen LogP contribution in [0.3, 0.4) is 0 Å². The Bertz CT molecular complexity index is 570. The molecule has 0 amide bonds. The summed E-state index contributed by atoms with van der Waals surface area (Å²) in [6.45, 7) is 0. The van der Waals surface area contributed by atoms with E-state index >= 15 is 0 Å².